The van der Waals surface area contributed by atoms with E-state index in [0.29, 0.717) is 6.71 Å². The second-order valence-corrected chi connectivity index (χ2v) is 2.94. The van der Waals surface area contributed by atoms with Gasteiger partial charge in [-0.3, -0.25) is 4.79 Å². The molecule has 0 heterocycles. The molecule has 0 amide bonds. The van der Waals surface area contributed by atoms with E-state index in [9.17, 15) is 4.79 Å². The Labute approximate surface area is 67.5 Å². The minimum atomic E-state index is 0.538. The summed E-state index contributed by atoms with van der Waals surface area (Å²) in [5.74, 6) is 0. The number of hydrogen-bond acceptors (Lipinski definition) is 1. The Hall–Kier alpha value is -1.05. The summed E-state index contributed by atoms with van der Waals surface area (Å²) in [5.41, 5.74) is 2.02. The predicted molar refractivity (Wildman–Crippen MR) is 48.9 cm³/mol. The smallest absolute Gasteiger partial charge is 0.169 e. The average Bonchev–Trinajstić information content (AvgIpc) is 2.05. The maximum Gasteiger partial charge on any atom is 0.169 e. The molecule has 1 nitrogen and oxygen atoms in total. The Morgan fingerprint density at radius 2 is 1.73 bits per heavy atom. The highest BCUT2D eigenvalue weighted by molar-refractivity contribution is 6.70. The SMILES string of the molecule is CB(C)c1ccc(C=O)cc1. The van der Waals surface area contributed by atoms with Gasteiger partial charge >= 0.3 is 0 Å². The monoisotopic (exact) mass is 146 g/mol. The lowest BCUT2D eigenvalue weighted by molar-refractivity contribution is 0.112. The van der Waals surface area contributed by atoms with E-state index in [0.717, 1.165) is 11.8 Å². The Morgan fingerprint density at radius 3 is 2.09 bits per heavy atom. The van der Waals surface area contributed by atoms with Crippen LogP contribution >= 0.6 is 0 Å². The minimum Gasteiger partial charge on any atom is -0.298 e. The molecule has 0 atom stereocenters. The molecule has 0 saturated carbocycles. The Kier molecular flexibility index (Phi) is 2.47. The van der Waals surface area contributed by atoms with Crippen LogP contribution in [0.2, 0.25) is 13.6 Å². The molecule has 0 unspecified atom stereocenters. The van der Waals surface area contributed by atoms with E-state index in [1.807, 2.05) is 24.3 Å². The molecule has 56 valence electrons. The molecule has 1 aromatic rings. The fourth-order valence-corrected chi connectivity index (χ4v) is 0.959. The normalized spacial score (nSPS) is 9.27. The van der Waals surface area contributed by atoms with Gasteiger partial charge in [0.2, 0.25) is 0 Å². The summed E-state index contributed by atoms with van der Waals surface area (Å²) < 4.78 is 0. The van der Waals surface area contributed by atoms with Crippen LogP contribution in [0.15, 0.2) is 24.3 Å². The van der Waals surface area contributed by atoms with Gasteiger partial charge in [0, 0.05) is 5.56 Å². The summed E-state index contributed by atoms with van der Waals surface area (Å²) in [6.45, 7) is 4.81. The van der Waals surface area contributed by atoms with Gasteiger partial charge in [-0.15, -0.1) is 0 Å². The maximum atomic E-state index is 10.3. The zero-order valence-electron chi connectivity index (χ0n) is 6.87. The first-order valence-electron chi connectivity index (χ1n) is 3.79. The third kappa shape index (κ3) is 1.94. The molecular formula is C9H11BO. The van der Waals surface area contributed by atoms with Crippen molar-refractivity contribution >= 4 is 18.5 Å². The number of carbonyl (C=O) groups excluding carboxylic acids is 1. The molecule has 0 spiro atoms. The standard InChI is InChI=1S/C9H11BO/c1-10(2)9-5-3-8(7-11)4-6-9/h3-7H,1-2H3. The van der Waals surface area contributed by atoms with Crippen LogP contribution in [-0.2, 0) is 0 Å². The number of aldehydes is 1. The zero-order valence-corrected chi connectivity index (χ0v) is 6.87. The second-order valence-electron chi connectivity index (χ2n) is 2.94. The molecule has 0 saturated heterocycles. The maximum absolute atomic E-state index is 10.3. The van der Waals surface area contributed by atoms with E-state index in [1.165, 1.54) is 5.46 Å². The van der Waals surface area contributed by atoms with Crippen LogP contribution in [0.1, 0.15) is 10.4 Å². The van der Waals surface area contributed by atoms with Crippen molar-refractivity contribution in [2.24, 2.45) is 0 Å². The van der Waals surface area contributed by atoms with E-state index in [2.05, 4.69) is 13.6 Å². The highest BCUT2D eigenvalue weighted by Gasteiger charge is 2.00. The van der Waals surface area contributed by atoms with E-state index in [4.69, 9.17) is 0 Å². The van der Waals surface area contributed by atoms with Gasteiger partial charge in [-0.1, -0.05) is 43.4 Å². The summed E-state index contributed by atoms with van der Waals surface area (Å²) in [7, 11) is 0. The van der Waals surface area contributed by atoms with Crippen LogP contribution in [-0.4, -0.2) is 13.0 Å². The van der Waals surface area contributed by atoms with E-state index in [-0.39, 0.29) is 0 Å². The van der Waals surface area contributed by atoms with Crippen LogP contribution in [0.25, 0.3) is 0 Å². The summed E-state index contributed by atoms with van der Waals surface area (Å²) in [4.78, 5) is 10.3. The van der Waals surface area contributed by atoms with Gasteiger partial charge in [-0.05, 0) is 0 Å². The molecule has 0 radical (unpaired) electrons. The molecule has 1 rings (SSSR count). The van der Waals surface area contributed by atoms with E-state index < -0.39 is 0 Å². The van der Waals surface area contributed by atoms with Crippen LogP contribution in [0.5, 0.6) is 0 Å². The molecule has 11 heavy (non-hydrogen) atoms. The first-order valence-corrected chi connectivity index (χ1v) is 3.79. The summed E-state index contributed by atoms with van der Waals surface area (Å²) in [6, 6.07) is 7.69. The van der Waals surface area contributed by atoms with Crippen molar-refractivity contribution in [3.05, 3.63) is 29.8 Å². The molecule has 0 bridgehead atoms. The molecular weight excluding hydrogens is 135 g/mol. The van der Waals surface area contributed by atoms with E-state index in [1.54, 1.807) is 0 Å². The highest BCUT2D eigenvalue weighted by Crippen LogP contribution is 1.93. The number of benzene rings is 1. The first kappa shape index (κ1) is 8.06. The summed E-state index contributed by atoms with van der Waals surface area (Å²) in [6.07, 6.45) is 0.865. The van der Waals surface area contributed by atoms with Crippen molar-refractivity contribution in [2.75, 3.05) is 0 Å². The van der Waals surface area contributed by atoms with Gasteiger partial charge in [0.1, 0.15) is 6.29 Å². The van der Waals surface area contributed by atoms with Crippen LogP contribution < -0.4 is 5.46 Å². The molecule has 0 aliphatic carbocycles. The Bertz CT molecular complexity index is 238. The molecule has 0 aliphatic rings. The van der Waals surface area contributed by atoms with Gasteiger partial charge in [0.05, 0.1) is 0 Å². The fourth-order valence-electron chi connectivity index (χ4n) is 0.959. The fraction of sp³-hybridized carbons (Fsp3) is 0.222. The lowest BCUT2D eigenvalue weighted by Gasteiger charge is -2.00. The predicted octanol–water partition coefficient (Wildman–Crippen LogP) is 1.46. The minimum absolute atomic E-state index is 0.538. The lowest BCUT2D eigenvalue weighted by Crippen LogP contribution is -2.21. The van der Waals surface area contributed by atoms with Crippen LogP contribution in [0, 0.1) is 0 Å². The molecule has 1 aromatic carbocycles. The lowest BCUT2D eigenvalue weighted by atomic mass is 9.49. The summed E-state index contributed by atoms with van der Waals surface area (Å²) in [5, 5.41) is 0. The molecule has 0 aliphatic heterocycles. The van der Waals surface area contributed by atoms with Crippen LogP contribution in [0.3, 0.4) is 0 Å². The van der Waals surface area contributed by atoms with Crippen molar-refractivity contribution in [2.45, 2.75) is 13.6 Å². The Balaban J connectivity index is 2.91. The van der Waals surface area contributed by atoms with E-state index >= 15 is 0 Å². The average molecular weight is 146 g/mol. The van der Waals surface area contributed by atoms with Gasteiger partial charge < -0.3 is 0 Å². The van der Waals surface area contributed by atoms with Crippen molar-refractivity contribution < 1.29 is 4.79 Å². The van der Waals surface area contributed by atoms with Gasteiger partial charge in [-0.25, -0.2) is 0 Å². The number of carbonyl (C=O) groups is 1. The zero-order chi connectivity index (χ0) is 8.27. The third-order valence-corrected chi connectivity index (χ3v) is 1.74. The van der Waals surface area contributed by atoms with Gasteiger partial charge in [0.15, 0.2) is 6.71 Å². The topological polar surface area (TPSA) is 17.1 Å². The van der Waals surface area contributed by atoms with Crippen LogP contribution in [0.4, 0.5) is 0 Å². The third-order valence-electron chi connectivity index (χ3n) is 1.74. The van der Waals surface area contributed by atoms with Crippen molar-refractivity contribution in [1.82, 2.24) is 0 Å². The van der Waals surface area contributed by atoms with Crippen molar-refractivity contribution in [3.63, 3.8) is 0 Å². The molecule has 0 N–H and O–H groups in total. The summed E-state index contributed by atoms with van der Waals surface area (Å²) >= 11 is 0. The number of rotatable bonds is 2. The van der Waals surface area contributed by atoms with Crippen molar-refractivity contribution in [1.29, 1.82) is 0 Å². The molecule has 0 fully saturated rings. The second kappa shape index (κ2) is 3.38. The largest absolute Gasteiger partial charge is 0.298 e. The van der Waals surface area contributed by atoms with Gasteiger partial charge in [0.25, 0.3) is 0 Å². The van der Waals surface area contributed by atoms with Gasteiger partial charge in [-0.2, -0.15) is 0 Å². The number of hydrogen-bond donors (Lipinski definition) is 0. The Morgan fingerprint density at radius 1 is 1.18 bits per heavy atom. The molecule has 2 heteroatoms. The van der Waals surface area contributed by atoms with Crippen molar-refractivity contribution in [3.8, 4) is 0 Å². The highest BCUT2D eigenvalue weighted by atomic mass is 16.1. The first-order chi connectivity index (χ1) is 5.24. The molecule has 0 aromatic heterocycles. The quantitative estimate of drug-likeness (QED) is 0.456.